The number of likely N-dealkylation sites (tertiary alicyclic amines) is 1. The number of phenols is 1. The van der Waals surface area contributed by atoms with Crippen LogP contribution in [0.25, 0.3) is 0 Å². The zero-order valence-electron chi connectivity index (χ0n) is 43.8. The molecule has 0 aliphatic carbocycles. The molecule has 0 bridgehead atoms. The van der Waals surface area contributed by atoms with Crippen molar-refractivity contribution in [2.24, 2.45) is 33.8 Å². The number of phenolic OH excluding ortho intramolecular Hbond substituents is 1. The molecule has 3 aromatic carbocycles. The van der Waals surface area contributed by atoms with Gasteiger partial charge in [0, 0.05) is 39.3 Å². The van der Waals surface area contributed by atoms with Crippen molar-refractivity contribution in [2.75, 3.05) is 13.1 Å². The predicted octanol–water partition coefficient (Wildman–Crippen LogP) is -1.70. The molecule has 0 spiro atoms. The molecule has 77 heavy (non-hydrogen) atoms. The number of hydrogen-bond acceptors (Lipinski definition) is 12. The van der Waals surface area contributed by atoms with E-state index >= 15 is 0 Å². The number of amides is 10. The molecule has 8 atom stereocenters. The van der Waals surface area contributed by atoms with Crippen LogP contribution in [-0.2, 0) is 67.2 Å². The van der Waals surface area contributed by atoms with Gasteiger partial charge in [0.1, 0.15) is 54.1 Å². The third-order valence-corrected chi connectivity index (χ3v) is 12.5. The van der Waals surface area contributed by atoms with Crippen LogP contribution in [0.3, 0.4) is 0 Å². The number of benzene rings is 3. The molecule has 0 aromatic heterocycles. The van der Waals surface area contributed by atoms with Gasteiger partial charge in [-0.25, -0.2) is 0 Å². The summed E-state index contributed by atoms with van der Waals surface area (Å²) in [4.78, 5) is 140. The monoisotopic (exact) mass is 1070 g/mol. The zero-order valence-corrected chi connectivity index (χ0v) is 43.8. The van der Waals surface area contributed by atoms with Gasteiger partial charge in [-0.3, -0.25) is 52.9 Å². The highest BCUT2D eigenvalue weighted by Crippen LogP contribution is 2.20. The molecule has 3 aromatic rings. The molecule has 1 aliphatic heterocycles. The van der Waals surface area contributed by atoms with Crippen LogP contribution in [0.1, 0.15) is 82.9 Å². The fourth-order valence-corrected chi connectivity index (χ4v) is 8.62. The summed E-state index contributed by atoms with van der Waals surface area (Å²) < 4.78 is 0. The van der Waals surface area contributed by atoms with E-state index in [9.17, 15) is 53.1 Å². The molecule has 1 saturated heterocycles. The first kappa shape index (κ1) is 61.0. The quantitative estimate of drug-likeness (QED) is 0.0210. The molecule has 10 amide bonds. The van der Waals surface area contributed by atoms with E-state index in [0.717, 1.165) is 0 Å². The molecular weight excluding hydrogens is 995 g/mol. The number of aliphatic imine (C=N–C) groups is 1. The molecule has 1 aliphatic rings. The molecule has 16 N–H and O–H groups in total. The first-order valence-corrected chi connectivity index (χ1v) is 25.4. The number of aromatic hydroxyl groups is 1. The standard InChI is InChI=1S/C53H73N13O11/c1-30(2)25-39(63-50(75)42(27-34-15-9-6-10-16-34)65-49(74)40(60-32(4)67)28-35-19-21-36(68)22-20-35)48(73)64-41(26-33-13-7-5-8-14-33)47(72)59-31(3)52(77)66-24-12-18-43(66)51(76)61-37(17-11-23-58-53(56)57)46(71)62-38(45(55)70)29-44(54)69/h5-10,13-16,19-22,30-31,37-43,68H,11-12,17-18,23-29H2,1-4H3,(H2,54,69)(H2,55,70)(H,59,72)(H,60,67)(H,61,76)(H,62,71)(H,63,75)(H,64,73)(H,65,74)(H4,56,57,58)/t31-,37-,38-,39-,40-,41-,42-,43-/m0/s1. The highest BCUT2D eigenvalue weighted by Gasteiger charge is 2.39. The van der Waals surface area contributed by atoms with E-state index in [1.165, 1.54) is 30.9 Å². The van der Waals surface area contributed by atoms with Crippen molar-refractivity contribution in [2.45, 2.75) is 134 Å². The Kier molecular flexibility index (Phi) is 23.8. The molecule has 0 unspecified atom stereocenters. The van der Waals surface area contributed by atoms with Crippen molar-refractivity contribution in [3.05, 3.63) is 102 Å². The maximum Gasteiger partial charge on any atom is 0.245 e. The van der Waals surface area contributed by atoms with Gasteiger partial charge in [-0.15, -0.1) is 0 Å². The lowest BCUT2D eigenvalue weighted by molar-refractivity contribution is -0.142. The van der Waals surface area contributed by atoms with Crippen LogP contribution in [0.4, 0.5) is 0 Å². The Labute approximate surface area is 447 Å². The van der Waals surface area contributed by atoms with Crippen molar-refractivity contribution in [1.29, 1.82) is 0 Å². The lowest BCUT2D eigenvalue weighted by atomic mass is 9.99. The number of nitrogens with one attached hydrogen (secondary N) is 7. The van der Waals surface area contributed by atoms with Crippen molar-refractivity contribution in [1.82, 2.24) is 42.1 Å². The Hall–Kier alpha value is -8.57. The Morgan fingerprint density at radius 1 is 0.597 bits per heavy atom. The minimum Gasteiger partial charge on any atom is -0.508 e. The Morgan fingerprint density at radius 2 is 1.06 bits per heavy atom. The number of primary amides is 2. The number of guanidine groups is 1. The summed E-state index contributed by atoms with van der Waals surface area (Å²) in [6, 6.07) is 13.6. The molecule has 416 valence electrons. The van der Waals surface area contributed by atoms with Gasteiger partial charge in [0.2, 0.25) is 59.1 Å². The number of carbonyl (C=O) groups is 10. The second-order valence-corrected chi connectivity index (χ2v) is 19.4. The van der Waals surface area contributed by atoms with Gasteiger partial charge >= 0.3 is 0 Å². The molecule has 1 heterocycles. The number of nitrogens with zero attached hydrogens (tertiary/aromatic N) is 2. The van der Waals surface area contributed by atoms with E-state index in [4.69, 9.17) is 22.9 Å². The minimum atomic E-state index is -1.47. The summed E-state index contributed by atoms with van der Waals surface area (Å²) in [7, 11) is 0. The van der Waals surface area contributed by atoms with Crippen LogP contribution in [0.15, 0.2) is 89.9 Å². The van der Waals surface area contributed by atoms with Crippen LogP contribution in [0.5, 0.6) is 5.75 Å². The minimum absolute atomic E-state index is 0.00266. The third-order valence-electron chi connectivity index (χ3n) is 12.5. The number of rotatable bonds is 29. The third kappa shape index (κ3) is 20.6. The Morgan fingerprint density at radius 3 is 1.56 bits per heavy atom. The van der Waals surface area contributed by atoms with E-state index in [1.807, 2.05) is 13.8 Å². The van der Waals surface area contributed by atoms with E-state index in [1.54, 1.807) is 72.8 Å². The van der Waals surface area contributed by atoms with Crippen molar-refractivity contribution in [3.8, 4) is 5.75 Å². The highest BCUT2D eigenvalue weighted by molar-refractivity contribution is 5.98. The summed E-state index contributed by atoms with van der Waals surface area (Å²) in [6.45, 7) is 6.53. The van der Waals surface area contributed by atoms with E-state index < -0.39 is 114 Å². The smallest absolute Gasteiger partial charge is 0.245 e. The largest absolute Gasteiger partial charge is 0.508 e. The van der Waals surface area contributed by atoms with Crippen molar-refractivity contribution >= 4 is 65.0 Å². The van der Waals surface area contributed by atoms with E-state index in [2.05, 4.69) is 42.2 Å². The average Bonchev–Trinajstić information content (AvgIpc) is 3.87. The van der Waals surface area contributed by atoms with Gasteiger partial charge in [0.05, 0.1) is 6.42 Å². The fourth-order valence-electron chi connectivity index (χ4n) is 8.62. The lowest BCUT2D eigenvalue weighted by Crippen LogP contribution is -2.60. The topological polar surface area (TPSA) is 395 Å². The van der Waals surface area contributed by atoms with Gasteiger partial charge in [-0.05, 0) is 73.8 Å². The molecule has 0 radical (unpaired) electrons. The second-order valence-electron chi connectivity index (χ2n) is 19.4. The van der Waals surface area contributed by atoms with E-state index in [-0.39, 0.29) is 75.7 Å². The van der Waals surface area contributed by atoms with Crippen LogP contribution in [0.2, 0.25) is 0 Å². The van der Waals surface area contributed by atoms with Crippen LogP contribution in [-0.4, -0.2) is 136 Å². The first-order chi connectivity index (χ1) is 36.5. The average molecular weight is 1070 g/mol. The predicted molar refractivity (Wildman–Crippen MR) is 284 cm³/mol. The number of nitrogens with two attached hydrogens (primary N) is 4. The molecule has 24 heteroatoms. The maximum absolute atomic E-state index is 14.4. The Balaban J connectivity index is 1.54. The second kappa shape index (κ2) is 30.1. The molecule has 24 nitrogen and oxygen atoms in total. The maximum atomic E-state index is 14.4. The fraction of sp³-hybridized carbons (Fsp3) is 0.453. The molecule has 0 saturated carbocycles. The lowest BCUT2D eigenvalue weighted by Gasteiger charge is -2.30. The molecule has 1 fully saturated rings. The summed E-state index contributed by atoms with van der Waals surface area (Å²) in [5, 5.41) is 28.4. The summed E-state index contributed by atoms with van der Waals surface area (Å²) in [5.41, 5.74) is 23.4. The van der Waals surface area contributed by atoms with Crippen molar-refractivity contribution in [3.63, 3.8) is 0 Å². The normalized spacial score (nSPS) is 15.6. The number of hydrogen-bond donors (Lipinski definition) is 12. The van der Waals surface area contributed by atoms with Crippen LogP contribution >= 0.6 is 0 Å². The van der Waals surface area contributed by atoms with E-state index in [0.29, 0.717) is 23.1 Å². The van der Waals surface area contributed by atoms with Gasteiger partial charge in [-0.2, -0.15) is 0 Å². The van der Waals surface area contributed by atoms with Gasteiger partial charge in [0.15, 0.2) is 5.96 Å². The Bertz CT molecular complexity index is 2560. The zero-order chi connectivity index (χ0) is 56.8. The van der Waals surface area contributed by atoms with Crippen LogP contribution < -0.4 is 60.2 Å². The molecule has 4 rings (SSSR count). The van der Waals surface area contributed by atoms with Crippen molar-refractivity contribution < 1.29 is 53.1 Å². The van der Waals surface area contributed by atoms with Gasteiger partial charge < -0.3 is 70.2 Å². The summed E-state index contributed by atoms with van der Waals surface area (Å²) in [5.74, 6) is -7.94. The van der Waals surface area contributed by atoms with Gasteiger partial charge in [0.25, 0.3) is 0 Å². The molecular formula is C53H73N13O11. The summed E-state index contributed by atoms with van der Waals surface area (Å²) >= 11 is 0. The summed E-state index contributed by atoms with van der Waals surface area (Å²) in [6.07, 6.45) is 0.211. The number of carbonyl (C=O) groups excluding carboxylic acids is 10. The first-order valence-electron chi connectivity index (χ1n) is 25.4. The highest BCUT2D eigenvalue weighted by atomic mass is 16.3. The SMILES string of the molecule is CC(=O)N[C@@H](Cc1ccc(O)cc1)C(=O)N[C@@H](Cc1ccccc1)C(=O)N[C@@H](CC(C)C)C(=O)N[C@@H](Cc1ccccc1)C(=O)N[C@@H](C)C(=O)N1CCC[C@H]1C(=O)N[C@@H](CCCN=C(N)N)C(=O)N[C@@H](CC(N)=O)C(N)=O. The van der Waals surface area contributed by atoms with Crippen LogP contribution in [0, 0.1) is 5.92 Å². The van der Waals surface area contributed by atoms with Gasteiger partial charge in [-0.1, -0.05) is 86.6 Å².